The van der Waals surface area contributed by atoms with E-state index < -0.39 is 0 Å². The van der Waals surface area contributed by atoms with Gasteiger partial charge in [0, 0.05) is 6.54 Å². The van der Waals surface area contributed by atoms with E-state index >= 15 is 0 Å². The summed E-state index contributed by atoms with van der Waals surface area (Å²) in [6.07, 6.45) is 8.02. The predicted octanol–water partition coefficient (Wildman–Crippen LogP) is 1.81. The zero-order chi connectivity index (χ0) is 13.9. The third-order valence-corrected chi connectivity index (χ3v) is 4.51. The van der Waals surface area contributed by atoms with Crippen LogP contribution in [0, 0.1) is 0 Å². The van der Waals surface area contributed by atoms with Crippen molar-refractivity contribution in [2.24, 2.45) is 0 Å². The Balaban J connectivity index is 1.99. The Labute approximate surface area is 117 Å². The first-order valence-corrected chi connectivity index (χ1v) is 7.82. The summed E-state index contributed by atoms with van der Waals surface area (Å²) in [5.74, 6) is 0.377. The van der Waals surface area contributed by atoms with E-state index in [9.17, 15) is 4.79 Å². The maximum absolute atomic E-state index is 12.7. The van der Waals surface area contributed by atoms with Gasteiger partial charge in [0.15, 0.2) is 0 Å². The van der Waals surface area contributed by atoms with Crippen LogP contribution in [0.3, 0.4) is 0 Å². The number of hydrogen-bond acceptors (Lipinski definition) is 3. The van der Waals surface area contributed by atoms with E-state index in [1.54, 1.807) is 0 Å². The zero-order valence-electron chi connectivity index (χ0n) is 12.7. The summed E-state index contributed by atoms with van der Waals surface area (Å²) in [5, 5.41) is 3.67. The largest absolute Gasteiger partial charge is 0.325 e. The van der Waals surface area contributed by atoms with Gasteiger partial charge in [0.2, 0.25) is 5.91 Å². The van der Waals surface area contributed by atoms with Gasteiger partial charge in [-0.3, -0.25) is 10.1 Å². The fourth-order valence-corrected chi connectivity index (χ4v) is 3.53. The Morgan fingerprint density at radius 3 is 2.63 bits per heavy atom. The molecular formula is C15H29N3O. The van der Waals surface area contributed by atoms with Crippen molar-refractivity contribution >= 4 is 5.91 Å². The molecule has 19 heavy (non-hydrogen) atoms. The van der Waals surface area contributed by atoms with Crippen LogP contribution in [0.25, 0.3) is 0 Å². The highest BCUT2D eigenvalue weighted by molar-refractivity contribution is 5.89. The van der Waals surface area contributed by atoms with Gasteiger partial charge in [-0.2, -0.15) is 0 Å². The third kappa shape index (κ3) is 3.11. The van der Waals surface area contributed by atoms with Gasteiger partial charge in [-0.15, -0.1) is 0 Å². The van der Waals surface area contributed by atoms with Crippen LogP contribution in [0.2, 0.25) is 0 Å². The summed E-state index contributed by atoms with van der Waals surface area (Å²) < 4.78 is 0. The maximum atomic E-state index is 12.7. The molecule has 1 atom stereocenters. The van der Waals surface area contributed by atoms with Gasteiger partial charge in [0.05, 0.1) is 11.7 Å². The van der Waals surface area contributed by atoms with Crippen LogP contribution in [0.1, 0.15) is 51.9 Å². The molecule has 2 rings (SSSR count). The number of nitrogens with zero attached hydrogens (tertiary/aromatic N) is 2. The molecule has 0 bridgehead atoms. The second-order valence-corrected chi connectivity index (χ2v) is 6.39. The van der Waals surface area contributed by atoms with Crippen LogP contribution < -0.4 is 5.32 Å². The van der Waals surface area contributed by atoms with E-state index in [0.717, 1.165) is 45.2 Å². The van der Waals surface area contributed by atoms with Crippen molar-refractivity contribution in [3.8, 4) is 0 Å². The number of carbonyl (C=O) groups is 1. The summed E-state index contributed by atoms with van der Waals surface area (Å²) in [6.45, 7) is 4.15. The number of carbonyl (C=O) groups excluding carboxylic acids is 1. The van der Waals surface area contributed by atoms with Crippen molar-refractivity contribution in [2.75, 3.05) is 27.2 Å². The van der Waals surface area contributed by atoms with Gasteiger partial charge in [-0.05, 0) is 46.3 Å². The molecule has 1 heterocycles. The molecule has 1 aliphatic carbocycles. The maximum Gasteiger partial charge on any atom is 0.244 e. The van der Waals surface area contributed by atoms with Gasteiger partial charge in [0.25, 0.3) is 0 Å². The minimum Gasteiger partial charge on any atom is -0.325 e. The molecule has 0 aromatic rings. The van der Waals surface area contributed by atoms with Crippen LogP contribution in [-0.2, 0) is 4.79 Å². The SMILES string of the molecule is CCCC1NC2(CCCC2)C(=O)N1CCCN(C)C. The Bertz CT molecular complexity index is 311. The second kappa shape index (κ2) is 6.23. The molecule has 1 amide bonds. The normalized spacial score (nSPS) is 26.0. The fourth-order valence-electron chi connectivity index (χ4n) is 3.53. The summed E-state index contributed by atoms with van der Waals surface area (Å²) >= 11 is 0. The molecule has 2 fully saturated rings. The monoisotopic (exact) mass is 267 g/mol. The quantitative estimate of drug-likeness (QED) is 0.797. The standard InChI is InChI=1S/C15H29N3O/c1-4-8-13-16-15(9-5-6-10-15)14(19)18(13)12-7-11-17(2)3/h13,16H,4-12H2,1-3H3. The van der Waals surface area contributed by atoms with Crippen molar-refractivity contribution in [3.63, 3.8) is 0 Å². The number of rotatable bonds is 6. The lowest BCUT2D eigenvalue weighted by Crippen LogP contribution is -2.44. The number of hydrogen-bond donors (Lipinski definition) is 1. The van der Waals surface area contributed by atoms with Gasteiger partial charge >= 0.3 is 0 Å². The van der Waals surface area contributed by atoms with Crippen LogP contribution in [0.15, 0.2) is 0 Å². The van der Waals surface area contributed by atoms with Crippen molar-refractivity contribution < 1.29 is 4.79 Å². The first kappa shape index (κ1) is 14.8. The molecule has 4 heteroatoms. The first-order valence-electron chi connectivity index (χ1n) is 7.82. The zero-order valence-corrected chi connectivity index (χ0v) is 12.7. The van der Waals surface area contributed by atoms with Gasteiger partial charge in [0.1, 0.15) is 0 Å². The molecular weight excluding hydrogens is 238 g/mol. The van der Waals surface area contributed by atoms with E-state index in [-0.39, 0.29) is 11.7 Å². The minimum absolute atomic E-state index is 0.196. The lowest BCUT2D eigenvalue weighted by molar-refractivity contribution is -0.133. The Morgan fingerprint density at radius 2 is 2.05 bits per heavy atom. The average Bonchev–Trinajstić information content (AvgIpc) is 2.91. The van der Waals surface area contributed by atoms with Crippen molar-refractivity contribution in [2.45, 2.75) is 63.6 Å². The second-order valence-electron chi connectivity index (χ2n) is 6.39. The Hall–Kier alpha value is -0.610. The van der Waals surface area contributed by atoms with E-state index in [1.807, 2.05) is 0 Å². The summed E-state index contributed by atoms with van der Waals surface area (Å²) in [6, 6.07) is 0. The molecule has 0 aromatic heterocycles. The van der Waals surface area contributed by atoms with Crippen molar-refractivity contribution in [1.29, 1.82) is 0 Å². The highest BCUT2D eigenvalue weighted by atomic mass is 16.2. The summed E-state index contributed by atoms with van der Waals surface area (Å²) in [7, 11) is 4.18. The molecule has 0 radical (unpaired) electrons. The lowest BCUT2D eigenvalue weighted by Gasteiger charge is -2.24. The van der Waals surface area contributed by atoms with Crippen molar-refractivity contribution in [3.05, 3.63) is 0 Å². The molecule has 1 spiro atoms. The average molecular weight is 267 g/mol. The van der Waals surface area contributed by atoms with Gasteiger partial charge < -0.3 is 9.80 Å². The lowest BCUT2D eigenvalue weighted by atomic mass is 9.98. The molecule has 0 aromatic carbocycles. The summed E-state index contributed by atoms with van der Waals surface area (Å²) in [5.41, 5.74) is -0.196. The van der Waals surface area contributed by atoms with Crippen LogP contribution in [0.4, 0.5) is 0 Å². The Kier molecular flexibility index (Phi) is 4.85. The van der Waals surface area contributed by atoms with Crippen molar-refractivity contribution in [1.82, 2.24) is 15.1 Å². The molecule has 110 valence electrons. The highest BCUT2D eigenvalue weighted by Gasteiger charge is 2.51. The molecule has 1 aliphatic heterocycles. The molecule has 1 saturated carbocycles. The third-order valence-electron chi connectivity index (χ3n) is 4.51. The van der Waals surface area contributed by atoms with Gasteiger partial charge in [-0.25, -0.2) is 0 Å². The van der Waals surface area contributed by atoms with E-state index in [0.29, 0.717) is 5.91 Å². The van der Waals surface area contributed by atoms with Crippen LogP contribution in [-0.4, -0.2) is 54.6 Å². The highest BCUT2D eigenvalue weighted by Crippen LogP contribution is 2.37. The Morgan fingerprint density at radius 1 is 1.37 bits per heavy atom. The predicted molar refractivity (Wildman–Crippen MR) is 77.9 cm³/mol. The number of amides is 1. The minimum atomic E-state index is -0.196. The van der Waals surface area contributed by atoms with Crippen LogP contribution in [0.5, 0.6) is 0 Å². The van der Waals surface area contributed by atoms with E-state index in [2.05, 4.69) is 36.1 Å². The molecule has 2 aliphatic rings. The number of nitrogens with one attached hydrogen (secondary N) is 1. The van der Waals surface area contributed by atoms with Crippen LogP contribution >= 0.6 is 0 Å². The molecule has 1 unspecified atom stereocenters. The fraction of sp³-hybridized carbons (Fsp3) is 0.933. The molecule has 4 nitrogen and oxygen atoms in total. The summed E-state index contributed by atoms with van der Waals surface area (Å²) in [4.78, 5) is 17.1. The first-order chi connectivity index (χ1) is 9.09. The smallest absolute Gasteiger partial charge is 0.244 e. The molecule has 1 N–H and O–H groups in total. The van der Waals surface area contributed by atoms with E-state index in [1.165, 1.54) is 12.8 Å². The molecule has 1 saturated heterocycles. The van der Waals surface area contributed by atoms with E-state index in [4.69, 9.17) is 0 Å². The van der Waals surface area contributed by atoms with Gasteiger partial charge in [-0.1, -0.05) is 26.2 Å². The topological polar surface area (TPSA) is 35.6 Å².